The Bertz CT molecular complexity index is 130. The number of nitrogens with zero attached hydrogens (tertiary/aromatic N) is 1. The maximum Gasteiger partial charge on any atom is 0.0478 e. The van der Waals surface area contributed by atoms with Crippen LogP contribution in [0.3, 0.4) is 0 Å². The molecule has 2 heteroatoms. The molecule has 2 bridgehead atoms. The molecule has 1 aliphatic carbocycles. The molecule has 0 radical (unpaired) electrons. The van der Waals surface area contributed by atoms with Crippen LogP contribution in [0.2, 0.25) is 0 Å². The molecule has 44 valence electrons. The summed E-state index contributed by atoms with van der Waals surface area (Å²) in [5.41, 5.74) is 3.07. The zero-order chi connectivity index (χ0) is 5.56. The van der Waals surface area contributed by atoms with Crippen LogP contribution in [0.1, 0.15) is 13.3 Å². The topological polar surface area (TPSA) is 24.4 Å². The van der Waals surface area contributed by atoms with Gasteiger partial charge < -0.3 is 5.43 Å². The van der Waals surface area contributed by atoms with Crippen LogP contribution in [0.4, 0.5) is 0 Å². The minimum Gasteiger partial charge on any atom is -0.307 e. The first-order valence-corrected chi connectivity index (χ1v) is 3.16. The Morgan fingerprint density at radius 3 is 2.88 bits per heavy atom. The second-order valence-electron chi connectivity index (χ2n) is 2.77. The van der Waals surface area contributed by atoms with Crippen LogP contribution in [0.15, 0.2) is 5.10 Å². The fourth-order valence-electron chi connectivity index (χ4n) is 1.43. The molecular weight excluding hydrogens is 100 g/mol. The normalized spacial score (nSPS) is 49.9. The summed E-state index contributed by atoms with van der Waals surface area (Å²) in [6, 6.07) is 0.699. The molecule has 3 atom stereocenters. The van der Waals surface area contributed by atoms with Crippen LogP contribution < -0.4 is 5.43 Å². The second kappa shape index (κ2) is 1.24. The summed E-state index contributed by atoms with van der Waals surface area (Å²) in [5.74, 6) is 1.63. The van der Waals surface area contributed by atoms with E-state index in [2.05, 4.69) is 17.5 Å². The Hall–Kier alpha value is -0.530. The molecule has 0 spiro atoms. The maximum atomic E-state index is 3.98. The van der Waals surface area contributed by atoms with Crippen LogP contribution in [0.5, 0.6) is 0 Å². The molecule has 1 N–H and O–H groups in total. The lowest BCUT2D eigenvalue weighted by Crippen LogP contribution is -2.51. The van der Waals surface area contributed by atoms with Gasteiger partial charge in [-0.2, -0.15) is 5.10 Å². The minimum atomic E-state index is 0.699. The average Bonchev–Trinajstić information content (AvgIpc) is 1.89. The quantitative estimate of drug-likeness (QED) is 0.485. The van der Waals surface area contributed by atoms with Gasteiger partial charge in [0.15, 0.2) is 0 Å². The van der Waals surface area contributed by atoms with Crippen LogP contribution in [0.25, 0.3) is 0 Å². The van der Waals surface area contributed by atoms with Crippen molar-refractivity contribution in [1.29, 1.82) is 0 Å². The first-order chi connectivity index (χ1) is 3.88. The lowest BCUT2D eigenvalue weighted by atomic mass is 9.70. The van der Waals surface area contributed by atoms with Gasteiger partial charge in [-0.05, 0) is 12.3 Å². The average molecular weight is 110 g/mol. The maximum absolute atomic E-state index is 3.98. The Morgan fingerprint density at radius 2 is 2.62 bits per heavy atom. The van der Waals surface area contributed by atoms with Crippen molar-refractivity contribution in [1.82, 2.24) is 5.43 Å². The molecule has 0 aromatic carbocycles. The fourth-order valence-corrected chi connectivity index (χ4v) is 1.43. The van der Waals surface area contributed by atoms with Gasteiger partial charge in [0, 0.05) is 18.2 Å². The number of rotatable bonds is 0. The van der Waals surface area contributed by atoms with Crippen molar-refractivity contribution >= 4 is 6.21 Å². The van der Waals surface area contributed by atoms with Crippen LogP contribution in [0, 0.1) is 11.8 Å². The van der Waals surface area contributed by atoms with Crippen molar-refractivity contribution in [2.75, 3.05) is 0 Å². The Balaban J connectivity index is 2.18. The highest BCUT2D eigenvalue weighted by atomic mass is 15.3. The molecule has 1 fully saturated rings. The Labute approximate surface area is 49.0 Å². The smallest absolute Gasteiger partial charge is 0.0478 e. The third-order valence-corrected chi connectivity index (χ3v) is 2.34. The molecular formula is C6H10N2. The van der Waals surface area contributed by atoms with Gasteiger partial charge in [0.25, 0.3) is 0 Å². The zero-order valence-corrected chi connectivity index (χ0v) is 4.96. The highest BCUT2D eigenvalue weighted by Crippen LogP contribution is 2.34. The van der Waals surface area contributed by atoms with Gasteiger partial charge in [0.2, 0.25) is 0 Å². The SMILES string of the molecule is CC1C2C=NNC1C2. The van der Waals surface area contributed by atoms with Gasteiger partial charge in [-0.25, -0.2) is 0 Å². The first-order valence-electron chi connectivity index (χ1n) is 3.16. The summed E-state index contributed by atoms with van der Waals surface area (Å²) in [4.78, 5) is 0. The molecule has 1 saturated carbocycles. The summed E-state index contributed by atoms with van der Waals surface area (Å²) in [7, 11) is 0. The number of nitrogens with one attached hydrogen (secondary N) is 1. The van der Waals surface area contributed by atoms with E-state index < -0.39 is 0 Å². The van der Waals surface area contributed by atoms with E-state index in [0.29, 0.717) is 6.04 Å². The zero-order valence-electron chi connectivity index (χ0n) is 4.96. The largest absolute Gasteiger partial charge is 0.307 e. The Kier molecular flexibility index (Phi) is 0.678. The third kappa shape index (κ3) is 0.358. The molecule has 2 nitrogen and oxygen atoms in total. The van der Waals surface area contributed by atoms with E-state index in [1.807, 2.05) is 6.21 Å². The fraction of sp³-hybridized carbons (Fsp3) is 0.833. The van der Waals surface area contributed by atoms with Crippen molar-refractivity contribution in [2.24, 2.45) is 16.9 Å². The molecule has 3 unspecified atom stereocenters. The second-order valence-corrected chi connectivity index (χ2v) is 2.77. The molecule has 8 heavy (non-hydrogen) atoms. The molecule has 0 amide bonds. The number of hydrogen-bond donors (Lipinski definition) is 1. The molecule has 3 aliphatic rings. The van der Waals surface area contributed by atoms with E-state index in [0.717, 1.165) is 11.8 Å². The van der Waals surface area contributed by atoms with Crippen LogP contribution in [-0.4, -0.2) is 12.3 Å². The summed E-state index contributed by atoms with van der Waals surface area (Å²) >= 11 is 0. The Morgan fingerprint density at radius 1 is 1.75 bits per heavy atom. The van der Waals surface area contributed by atoms with Crippen LogP contribution in [-0.2, 0) is 0 Å². The van der Waals surface area contributed by atoms with E-state index in [1.165, 1.54) is 6.42 Å². The van der Waals surface area contributed by atoms with E-state index in [9.17, 15) is 0 Å². The van der Waals surface area contributed by atoms with Gasteiger partial charge in [-0.15, -0.1) is 0 Å². The minimum absolute atomic E-state index is 0.699. The van der Waals surface area contributed by atoms with Crippen molar-refractivity contribution in [3.8, 4) is 0 Å². The van der Waals surface area contributed by atoms with Gasteiger partial charge in [-0.3, -0.25) is 0 Å². The number of hydrazone groups is 1. The molecule has 0 aromatic heterocycles. The van der Waals surface area contributed by atoms with Crippen molar-refractivity contribution in [3.05, 3.63) is 0 Å². The van der Waals surface area contributed by atoms with Gasteiger partial charge in [0.05, 0.1) is 0 Å². The van der Waals surface area contributed by atoms with Crippen molar-refractivity contribution in [2.45, 2.75) is 19.4 Å². The third-order valence-electron chi connectivity index (χ3n) is 2.34. The van der Waals surface area contributed by atoms with E-state index in [4.69, 9.17) is 0 Å². The van der Waals surface area contributed by atoms with Crippen molar-refractivity contribution < 1.29 is 0 Å². The monoisotopic (exact) mass is 110 g/mol. The van der Waals surface area contributed by atoms with Gasteiger partial charge in [-0.1, -0.05) is 6.92 Å². The van der Waals surface area contributed by atoms with Crippen molar-refractivity contribution in [3.63, 3.8) is 0 Å². The van der Waals surface area contributed by atoms with E-state index >= 15 is 0 Å². The summed E-state index contributed by atoms with van der Waals surface area (Å²) < 4.78 is 0. The standard InChI is InChI=1S/C6H10N2/c1-4-5-2-6(4)8-7-3-5/h3-6,8H,2H2,1H3. The highest BCUT2D eigenvalue weighted by Gasteiger charge is 2.38. The lowest BCUT2D eigenvalue weighted by molar-refractivity contribution is 0.165. The molecule has 2 heterocycles. The molecule has 2 aliphatic heterocycles. The number of hydrogen-bond acceptors (Lipinski definition) is 2. The number of fused-ring (bicyclic) bond motifs is 1. The lowest BCUT2D eigenvalue weighted by Gasteiger charge is -2.43. The van der Waals surface area contributed by atoms with E-state index in [1.54, 1.807) is 0 Å². The molecule has 0 aromatic rings. The predicted molar refractivity (Wildman–Crippen MR) is 32.7 cm³/mol. The molecule has 0 saturated heterocycles. The summed E-state index contributed by atoms with van der Waals surface area (Å²) in [5, 5.41) is 3.98. The summed E-state index contributed by atoms with van der Waals surface area (Å²) in [6.07, 6.45) is 3.34. The van der Waals surface area contributed by atoms with E-state index in [-0.39, 0.29) is 0 Å². The van der Waals surface area contributed by atoms with Gasteiger partial charge in [0.1, 0.15) is 0 Å². The highest BCUT2D eigenvalue weighted by molar-refractivity contribution is 5.64. The predicted octanol–water partition coefficient (Wildman–Crippen LogP) is 0.600. The first kappa shape index (κ1) is 4.36. The van der Waals surface area contributed by atoms with Gasteiger partial charge >= 0.3 is 0 Å². The molecule has 3 rings (SSSR count). The van der Waals surface area contributed by atoms with Crippen LogP contribution >= 0.6 is 0 Å². The summed E-state index contributed by atoms with van der Waals surface area (Å²) in [6.45, 7) is 2.27.